The van der Waals surface area contributed by atoms with E-state index in [1.165, 1.54) is 34.4 Å². The summed E-state index contributed by atoms with van der Waals surface area (Å²) in [4.78, 5) is 33.9. The first-order valence-electron chi connectivity index (χ1n) is 12.5. The molecule has 0 aliphatic heterocycles. The van der Waals surface area contributed by atoms with Crippen LogP contribution in [0.5, 0.6) is 5.75 Å². The zero-order valence-corrected chi connectivity index (χ0v) is 22.0. The number of fused-ring (bicyclic) bond motifs is 1. The van der Waals surface area contributed by atoms with E-state index in [-0.39, 0.29) is 22.7 Å². The highest BCUT2D eigenvalue weighted by molar-refractivity contribution is 6.30. The molecule has 0 unspecified atom stereocenters. The van der Waals surface area contributed by atoms with Crippen molar-refractivity contribution in [2.24, 2.45) is 5.92 Å². The number of hydrogen-bond donors (Lipinski definition) is 1. The second-order valence-electron chi connectivity index (χ2n) is 9.63. The highest BCUT2D eigenvalue weighted by atomic mass is 35.5. The molecule has 210 valence electrons. The topological polar surface area (TPSA) is 91.0 Å². The SMILES string of the molecule is COc1ccc(F)c(-n2c(=O)n(C[C@H]3CC[C@H](NC(=O)c4cc(Cl)cnc4C(F)(F)F)CC3)c3ncccc32)c1. The molecule has 0 bridgehead atoms. The van der Waals surface area contributed by atoms with Gasteiger partial charge in [0, 0.05) is 31.0 Å². The molecule has 4 aromatic rings. The van der Waals surface area contributed by atoms with E-state index in [2.05, 4.69) is 15.3 Å². The maximum absolute atomic E-state index is 14.8. The lowest BCUT2D eigenvalue weighted by Crippen LogP contribution is -2.39. The molecule has 0 atom stereocenters. The van der Waals surface area contributed by atoms with E-state index in [9.17, 15) is 27.2 Å². The van der Waals surface area contributed by atoms with Gasteiger partial charge in [-0.2, -0.15) is 13.2 Å². The average molecular weight is 578 g/mol. The smallest absolute Gasteiger partial charge is 0.434 e. The number of imidazole rings is 1. The van der Waals surface area contributed by atoms with Gasteiger partial charge in [-0.3, -0.25) is 13.9 Å². The summed E-state index contributed by atoms with van der Waals surface area (Å²) >= 11 is 5.80. The number of hydrogen-bond acceptors (Lipinski definition) is 5. The van der Waals surface area contributed by atoms with Crippen molar-refractivity contribution in [1.29, 1.82) is 0 Å². The predicted molar refractivity (Wildman–Crippen MR) is 139 cm³/mol. The number of amides is 1. The molecule has 1 fully saturated rings. The van der Waals surface area contributed by atoms with Gasteiger partial charge < -0.3 is 10.1 Å². The van der Waals surface area contributed by atoms with Gasteiger partial charge in [0.15, 0.2) is 11.3 Å². The van der Waals surface area contributed by atoms with Crippen LogP contribution in [0.25, 0.3) is 16.9 Å². The number of ether oxygens (including phenoxy) is 1. The van der Waals surface area contributed by atoms with Crippen LogP contribution in [-0.2, 0) is 12.7 Å². The molecule has 0 spiro atoms. The number of aromatic nitrogens is 4. The first kappa shape index (κ1) is 27.6. The molecule has 3 heterocycles. The molecule has 1 saturated carbocycles. The van der Waals surface area contributed by atoms with Crippen molar-refractivity contribution in [2.45, 2.75) is 44.4 Å². The monoisotopic (exact) mass is 577 g/mol. The van der Waals surface area contributed by atoms with Crippen LogP contribution in [0.3, 0.4) is 0 Å². The molecule has 1 aromatic carbocycles. The van der Waals surface area contributed by atoms with Gasteiger partial charge in [0.2, 0.25) is 0 Å². The molecule has 40 heavy (non-hydrogen) atoms. The lowest BCUT2D eigenvalue weighted by Gasteiger charge is -2.29. The predicted octanol–water partition coefficient (Wildman–Crippen LogP) is 5.39. The fourth-order valence-electron chi connectivity index (χ4n) is 5.12. The molecule has 1 aliphatic carbocycles. The Kier molecular flexibility index (Phi) is 7.54. The van der Waals surface area contributed by atoms with E-state index in [0.29, 0.717) is 49.1 Å². The number of nitrogens with zero attached hydrogens (tertiary/aromatic N) is 4. The number of methoxy groups -OCH3 is 1. The summed E-state index contributed by atoms with van der Waals surface area (Å²) in [5.41, 5.74) is -1.49. The van der Waals surface area contributed by atoms with Crippen molar-refractivity contribution < 1.29 is 27.1 Å². The minimum absolute atomic E-state index is 0.0284. The van der Waals surface area contributed by atoms with E-state index in [4.69, 9.17) is 16.3 Å². The van der Waals surface area contributed by atoms with Crippen molar-refractivity contribution in [2.75, 3.05) is 7.11 Å². The summed E-state index contributed by atoms with van der Waals surface area (Å²) in [6, 6.07) is 8.09. The molecular formula is C27H24ClF4N5O3. The highest BCUT2D eigenvalue weighted by Gasteiger charge is 2.38. The van der Waals surface area contributed by atoms with Gasteiger partial charge in [0.25, 0.3) is 5.91 Å². The third-order valence-electron chi connectivity index (χ3n) is 7.07. The first-order chi connectivity index (χ1) is 19.1. The molecule has 1 amide bonds. The van der Waals surface area contributed by atoms with E-state index < -0.39 is 34.8 Å². The number of carbonyl (C=O) groups is 1. The van der Waals surface area contributed by atoms with Crippen LogP contribution in [0, 0.1) is 11.7 Å². The number of halogens is 5. The molecule has 0 saturated heterocycles. The van der Waals surface area contributed by atoms with Gasteiger partial charge in [-0.15, -0.1) is 0 Å². The summed E-state index contributed by atoms with van der Waals surface area (Å²) < 4.78 is 62.8. The third kappa shape index (κ3) is 5.40. The van der Waals surface area contributed by atoms with Crippen molar-refractivity contribution >= 4 is 28.7 Å². The van der Waals surface area contributed by atoms with Gasteiger partial charge in [0.1, 0.15) is 11.6 Å². The van der Waals surface area contributed by atoms with Crippen LogP contribution in [-0.4, -0.2) is 38.2 Å². The van der Waals surface area contributed by atoms with Gasteiger partial charge >= 0.3 is 11.9 Å². The van der Waals surface area contributed by atoms with Crippen LogP contribution in [0.2, 0.25) is 5.02 Å². The Bertz CT molecular complexity index is 1630. The number of pyridine rings is 2. The van der Waals surface area contributed by atoms with Crippen LogP contribution >= 0.6 is 11.6 Å². The molecule has 0 radical (unpaired) electrons. The van der Waals surface area contributed by atoms with Crippen molar-refractivity contribution in [3.05, 3.63) is 81.4 Å². The Labute approximate surface area is 230 Å². The Morgan fingerprint density at radius 2 is 1.90 bits per heavy atom. The van der Waals surface area contributed by atoms with E-state index >= 15 is 0 Å². The normalized spacial score (nSPS) is 17.6. The summed E-state index contributed by atoms with van der Waals surface area (Å²) in [5, 5.41) is 2.59. The summed E-state index contributed by atoms with van der Waals surface area (Å²) in [6.45, 7) is 0.308. The fourth-order valence-corrected chi connectivity index (χ4v) is 5.28. The van der Waals surface area contributed by atoms with Crippen LogP contribution in [0.4, 0.5) is 17.6 Å². The second kappa shape index (κ2) is 10.9. The van der Waals surface area contributed by atoms with Crippen molar-refractivity contribution in [1.82, 2.24) is 24.4 Å². The molecule has 13 heteroatoms. The minimum Gasteiger partial charge on any atom is -0.497 e. The fraction of sp³-hybridized carbons (Fsp3) is 0.333. The summed E-state index contributed by atoms with van der Waals surface area (Å²) in [5.74, 6) is -1.06. The Morgan fingerprint density at radius 3 is 2.60 bits per heavy atom. The quantitative estimate of drug-likeness (QED) is 0.310. The van der Waals surface area contributed by atoms with Crippen molar-refractivity contribution in [3.8, 4) is 11.4 Å². The number of benzene rings is 1. The van der Waals surface area contributed by atoms with E-state index in [1.807, 2.05) is 0 Å². The Morgan fingerprint density at radius 1 is 1.15 bits per heavy atom. The van der Waals surface area contributed by atoms with Gasteiger partial charge in [-0.25, -0.2) is 19.2 Å². The standard InChI is InChI=1S/C27H24ClF4N5O3/c1-40-18-8-9-20(29)22(12-18)37-21-3-2-10-33-24(21)36(26(37)39)14-15-4-6-17(7-5-15)35-25(38)19-11-16(28)13-34-23(19)27(30,31)32/h2-3,8-13,15,17H,4-7,14H2,1H3,(H,35,38)/t15-,17-. The maximum atomic E-state index is 14.8. The average Bonchev–Trinajstić information content (AvgIpc) is 3.20. The zero-order valence-electron chi connectivity index (χ0n) is 21.2. The Balaban J connectivity index is 1.33. The number of carbonyl (C=O) groups excluding carboxylic acids is 1. The lowest BCUT2D eigenvalue weighted by molar-refractivity contribution is -0.141. The largest absolute Gasteiger partial charge is 0.497 e. The highest BCUT2D eigenvalue weighted by Crippen LogP contribution is 2.32. The number of rotatable bonds is 6. The number of alkyl halides is 3. The van der Waals surface area contributed by atoms with Crippen LogP contribution in [0.1, 0.15) is 41.7 Å². The third-order valence-corrected chi connectivity index (χ3v) is 7.28. The molecule has 8 nitrogen and oxygen atoms in total. The summed E-state index contributed by atoms with van der Waals surface area (Å²) in [6.07, 6.45) is -0.203. The van der Waals surface area contributed by atoms with E-state index in [0.717, 1.165) is 12.3 Å². The molecular weight excluding hydrogens is 554 g/mol. The van der Waals surface area contributed by atoms with Gasteiger partial charge in [0.05, 0.1) is 28.9 Å². The number of nitrogens with one attached hydrogen (secondary N) is 1. The zero-order chi connectivity index (χ0) is 28.6. The maximum Gasteiger partial charge on any atom is 0.434 e. The molecule has 1 N–H and O–H groups in total. The van der Waals surface area contributed by atoms with Gasteiger partial charge in [-0.1, -0.05) is 11.6 Å². The molecule has 5 rings (SSSR count). The van der Waals surface area contributed by atoms with E-state index in [1.54, 1.807) is 18.3 Å². The second-order valence-corrected chi connectivity index (χ2v) is 10.1. The summed E-state index contributed by atoms with van der Waals surface area (Å²) in [7, 11) is 1.45. The lowest BCUT2D eigenvalue weighted by atomic mass is 9.85. The van der Waals surface area contributed by atoms with Gasteiger partial charge in [-0.05, 0) is 61.9 Å². The Hall–Kier alpha value is -3.93. The molecule has 1 aliphatic rings. The first-order valence-corrected chi connectivity index (χ1v) is 12.9. The van der Waals surface area contributed by atoms with Crippen LogP contribution < -0.4 is 15.7 Å². The van der Waals surface area contributed by atoms with Crippen molar-refractivity contribution in [3.63, 3.8) is 0 Å². The molecule has 3 aromatic heterocycles. The van der Waals surface area contributed by atoms with Crippen LogP contribution in [0.15, 0.2) is 53.6 Å². The minimum atomic E-state index is -4.80.